The molecule has 0 unspecified atom stereocenters. The molecule has 7 heteroatoms. The topological polar surface area (TPSA) is 49.9 Å². The Morgan fingerprint density at radius 3 is 2.30 bits per heavy atom. The van der Waals surface area contributed by atoms with E-state index in [0.717, 1.165) is 6.42 Å². The van der Waals surface area contributed by atoms with Crippen LogP contribution in [-0.4, -0.2) is 51.3 Å². The molecule has 0 aromatic heterocycles. The van der Waals surface area contributed by atoms with E-state index >= 15 is 0 Å². The largest absolute Gasteiger partial charge is 0.492 e. The first-order chi connectivity index (χ1) is 13.0. The Labute approximate surface area is 160 Å². The van der Waals surface area contributed by atoms with E-state index in [4.69, 9.17) is 4.74 Å². The van der Waals surface area contributed by atoms with Gasteiger partial charge in [-0.3, -0.25) is 0 Å². The molecule has 5 nitrogen and oxygen atoms in total. The molecular formula is C20H25FN2O3S. The van der Waals surface area contributed by atoms with Crippen molar-refractivity contribution in [1.82, 2.24) is 4.31 Å². The molecule has 1 fully saturated rings. The van der Waals surface area contributed by atoms with Gasteiger partial charge in [-0.2, -0.15) is 4.31 Å². The summed E-state index contributed by atoms with van der Waals surface area (Å²) in [5.41, 5.74) is 1.73. The van der Waals surface area contributed by atoms with Gasteiger partial charge in [0, 0.05) is 26.2 Å². The van der Waals surface area contributed by atoms with Crippen molar-refractivity contribution >= 4 is 15.7 Å². The predicted molar refractivity (Wildman–Crippen MR) is 105 cm³/mol. The number of ether oxygens (including phenoxy) is 1. The second-order valence-electron chi connectivity index (χ2n) is 6.50. The van der Waals surface area contributed by atoms with E-state index in [9.17, 15) is 12.8 Å². The SMILES string of the molecule is CCc1ccc(OCCS(=O)(=O)N2CCN(c3ccccc3F)CC2)cc1. The summed E-state index contributed by atoms with van der Waals surface area (Å²) in [4.78, 5) is 1.88. The lowest BCUT2D eigenvalue weighted by molar-refractivity contribution is 0.331. The normalized spacial score (nSPS) is 15.7. The van der Waals surface area contributed by atoms with Crippen LogP contribution >= 0.6 is 0 Å². The molecule has 0 aliphatic carbocycles. The minimum atomic E-state index is -3.39. The van der Waals surface area contributed by atoms with Crippen LogP contribution in [0.3, 0.4) is 0 Å². The van der Waals surface area contributed by atoms with Crippen molar-refractivity contribution in [3.8, 4) is 5.75 Å². The number of rotatable bonds is 7. The Bertz CT molecular complexity index is 848. The van der Waals surface area contributed by atoms with Gasteiger partial charge in [-0.1, -0.05) is 31.2 Å². The first kappa shape index (κ1) is 19.6. The number of anilines is 1. The Kier molecular flexibility index (Phi) is 6.34. The maximum Gasteiger partial charge on any atom is 0.217 e. The molecule has 27 heavy (non-hydrogen) atoms. The fourth-order valence-electron chi connectivity index (χ4n) is 3.13. The highest BCUT2D eigenvalue weighted by Gasteiger charge is 2.27. The molecule has 2 aromatic carbocycles. The first-order valence-electron chi connectivity index (χ1n) is 9.18. The van der Waals surface area contributed by atoms with Gasteiger partial charge in [0.15, 0.2) is 0 Å². The van der Waals surface area contributed by atoms with E-state index in [1.54, 1.807) is 18.2 Å². The molecule has 146 valence electrons. The van der Waals surface area contributed by atoms with Gasteiger partial charge in [0.25, 0.3) is 0 Å². The number of benzene rings is 2. The number of piperazine rings is 1. The van der Waals surface area contributed by atoms with Gasteiger partial charge < -0.3 is 9.64 Å². The van der Waals surface area contributed by atoms with Crippen LogP contribution in [0.25, 0.3) is 0 Å². The van der Waals surface area contributed by atoms with Crippen molar-refractivity contribution in [1.29, 1.82) is 0 Å². The van der Waals surface area contributed by atoms with Crippen molar-refractivity contribution in [2.24, 2.45) is 0 Å². The van der Waals surface area contributed by atoms with Crippen molar-refractivity contribution in [2.75, 3.05) is 43.4 Å². The highest BCUT2D eigenvalue weighted by Crippen LogP contribution is 2.21. The van der Waals surface area contributed by atoms with Gasteiger partial charge in [0.1, 0.15) is 18.2 Å². The van der Waals surface area contributed by atoms with Crippen LogP contribution < -0.4 is 9.64 Å². The molecular weight excluding hydrogens is 367 g/mol. The number of para-hydroxylation sites is 1. The second kappa shape index (κ2) is 8.71. The van der Waals surface area contributed by atoms with Crippen molar-refractivity contribution < 1.29 is 17.5 Å². The zero-order chi connectivity index (χ0) is 19.3. The fourth-order valence-corrected chi connectivity index (χ4v) is 4.40. The molecule has 1 heterocycles. The van der Waals surface area contributed by atoms with Gasteiger partial charge in [0.05, 0.1) is 11.4 Å². The summed E-state index contributed by atoms with van der Waals surface area (Å²) in [6.45, 7) is 3.83. The van der Waals surface area contributed by atoms with Crippen LogP contribution in [0.5, 0.6) is 5.75 Å². The molecule has 0 spiro atoms. The Balaban J connectivity index is 1.50. The summed E-state index contributed by atoms with van der Waals surface area (Å²) in [5.74, 6) is 0.324. The predicted octanol–water partition coefficient (Wildman–Crippen LogP) is 2.92. The van der Waals surface area contributed by atoms with Crippen molar-refractivity contribution in [3.63, 3.8) is 0 Å². The standard InChI is InChI=1S/C20H25FN2O3S/c1-2-17-7-9-18(10-8-17)26-15-16-27(24,25)23-13-11-22(12-14-23)20-6-4-3-5-19(20)21/h3-10H,2,11-16H2,1H3. The molecule has 0 radical (unpaired) electrons. The van der Waals surface area contributed by atoms with E-state index in [-0.39, 0.29) is 18.2 Å². The fraction of sp³-hybridized carbons (Fsp3) is 0.400. The maximum absolute atomic E-state index is 13.9. The molecule has 0 bridgehead atoms. The molecule has 0 N–H and O–H groups in total. The summed E-state index contributed by atoms with van der Waals surface area (Å²) in [5, 5.41) is 0. The zero-order valence-corrected chi connectivity index (χ0v) is 16.3. The van der Waals surface area contributed by atoms with E-state index < -0.39 is 10.0 Å². The summed E-state index contributed by atoms with van der Waals surface area (Å²) in [6, 6.07) is 14.2. The average Bonchev–Trinajstić information content (AvgIpc) is 2.69. The molecule has 0 atom stereocenters. The highest BCUT2D eigenvalue weighted by molar-refractivity contribution is 7.89. The number of sulfonamides is 1. The molecule has 0 saturated carbocycles. The van der Waals surface area contributed by atoms with Gasteiger partial charge in [-0.15, -0.1) is 0 Å². The van der Waals surface area contributed by atoms with Crippen LogP contribution in [-0.2, 0) is 16.4 Å². The van der Waals surface area contributed by atoms with Crippen LogP contribution in [0.1, 0.15) is 12.5 Å². The van der Waals surface area contributed by atoms with E-state index in [1.807, 2.05) is 29.2 Å². The first-order valence-corrected chi connectivity index (χ1v) is 10.8. The molecule has 3 rings (SSSR count). The van der Waals surface area contributed by atoms with Crippen molar-refractivity contribution in [2.45, 2.75) is 13.3 Å². The lowest BCUT2D eigenvalue weighted by atomic mass is 10.2. The molecule has 1 aliphatic rings. The Hall–Kier alpha value is -2.12. The summed E-state index contributed by atoms with van der Waals surface area (Å²) < 4.78 is 46.0. The summed E-state index contributed by atoms with van der Waals surface area (Å²) in [6.07, 6.45) is 0.952. The average molecular weight is 392 g/mol. The zero-order valence-electron chi connectivity index (χ0n) is 15.5. The number of aryl methyl sites for hydroxylation is 1. The number of halogens is 1. The Morgan fingerprint density at radius 2 is 1.67 bits per heavy atom. The van der Waals surface area contributed by atoms with Crippen LogP contribution in [0.15, 0.2) is 48.5 Å². The quantitative estimate of drug-likeness (QED) is 0.727. The molecule has 1 saturated heterocycles. The minimum Gasteiger partial charge on any atom is -0.492 e. The number of hydrogen-bond acceptors (Lipinski definition) is 4. The minimum absolute atomic E-state index is 0.0672. The van der Waals surface area contributed by atoms with E-state index in [2.05, 4.69) is 6.92 Å². The molecule has 0 amide bonds. The number of hydrogen-bond donors (Lipinski definition) is 0. The van der Waals surface area contributed by atoms with E-state index in [0.29, 0.717) is 37.6 Å². The van der Waals surface area contributed by atoms with Crippen LogP contribution in [0, 0.1) is 5.82 Å². The maximum atomic E-state index is 13.9. The third-order valence-corrected chi connectivity index (χ3v) is 6.60. The summed E-state index contributed by atoms with van der Waals surface area (Å²) in [7, 11) is -3.39. The van der Waals surface area contributed by atoms with Crippen LogP contribution in [0.2, 0.25) is 0 Å². The van der Waals surface area contributed by atoms with Crippen LogP contribution in [0.4, 0.5) is 10.1 Å². The highest BCUT2D eigenvalue weighted by atomic mass is 32.2. The van der Waals surface area contributed by atoms with Gasteiger partial charge in [0.2, 0.25) is 10.0 Å². The monoisotopic (exact) mass is 392 g/mol. The smallest absolute Gasteiger partial charge is 0.217 e. The second-order valence-corrected chi connectivity index (χ2v) is 8.59. The van der Waals surface area contributed by atoms with E-state index in [1.165, 1.54) is 15.9 Å². The van der Waals surface area contributed by atoms with Gasteiger partial charge >= 0.3 is 0 Å². The lowest BCUT2D eigenvalue weighted by Crippen LogP contribution is -2.49. The molecule has 2 aromatic rings. The lowest BCUT2D eigenvalue weighted by Gasteiger charge is -2.35. The van der Waals surface area contributed by atoms with Gasteiger partial charge in [-0.25, -0.2) is 12.8 Å². The van der Waals surface area contributed by atoms with Gasteiger partial charge in [-0.05, 0) is 36.2 Å². The third-order valence-electron chi connectivity index (χ3n) is 4.77. The van der Waals surface area contributed by atoms with Crippen molar-refractivity contribution in [3.05, 3.63) is 59.9 Å². The molecule has 1 aliphatic heterocycles. The number of nitrogens with zero attached hydrogens (tertiary/aromatic N) is 2. The summed E-state index contributed by atoms with van der Waals surface area (Å²) >= 11 is 0. The third kappa shape index (κ3) is 4.99. The Morgan fingerprint density at radius 1 is 1.00 bits per heavy atom.